The monoisotopic (exact) mass is 352 g/mol. The molecule has 3 aliphatic rings. The SMILES string of the molecule is Cc1nnc(N2C[C@@H]3C[C@H](C2)[C@@H]2CCC[C@H](Cc4ccccc4)N2C3)o1. The van der Waals surface area contributed by atoms with Gasteiger partial charge in [-0.3, -0.25) is 4.90 Å². The molecule has 5 heteroatoms. The zero-order valence-electron chi connectivity index (χ0n) is 15.6. The Morgan fingerprint density at radius 2 is 1.96 bits per heavy atom. The minimum atomic E-state index is 0.665. The number of piperidine rings is 3. The van der Waals surface area contributed by atoms with Crippen LogP contribution in [0.25, 0.3) is 0 Å². The summed E-state index contributed by atoms with van der Waals surface area (Å²) in [6, 6.07) is 13.2. The summed E-state index contributed by atoms with van der Waals surface area (Å²) in [5, 5.41) is 8.29. The van der Waals surface area contributed by atoms with E-state index in [1.54, 1.807) is 0 Å². The average molecular weight is 352 g/mol. The van der Waals surface area contributed by atoms with Crippen LogP contribution in [0.5, 0.6) is 0 Å². The Morgan fingerprint density at radius 1 is 1.08 bits per heavy atom. The largest absolute Gasteiger partial charge is 0.408 e. The molecule has 1 aromatic heterocycles. The number of aromatic nitrogens is 2. The van der Waals surface area contributed by atoms with E-state index in [2.05, 4.69) is 50.3 Å². The number of benzene rings is 1. The molecule has 3 saturated heterocycles. The number of hydrogen-bond acceptors (Lipinski definition) is 5. The van der Waals surface area contributed by atoms with Crippen LogP contribution in [0.1, 0.15) is 37.1 Å². The van der Waals surface area contributed by atoms with Gasteiger partial charge in [-0.1, -0.05) is 41.9 Å². The maximum Gasteiger partial charge on any atom is 0.318 e. The van der Waals surface area contributed by atoms with Gasteiger partial charge < -0.3 is 9.32 Å². The average Bonchev–Trinajstić information content (AvgIpc) is 3.10. The lowest BCUT2D eigenvalue weighted by molar-refractivity contribution is -0.0193. The third-order valence-corrected chi connectivity index (χ3v) is 6.62. The quantitative estimate of drug-likeness (QED) is 0.848. The van der Waals surface area contributed by atoms with Crippen LogP contribution < -0.4 is 4.90 Å². The molecule has 1 aromatic carbocycles. The van der Waals surface area contributed by atoms with E-state index in [1.807, 2.05) is 6.92 Å². The summed E-state index contributed by atoms with van der Waals surface area (Å²) >= 11 is 0. The van der Waals surface area contributed by atoms with Gasteiger partial charge in [-0.15, -0.1) is 5.10 Å². The summed E-state index contributed by atoms with van der Waals surface area (Å²) < 4.78 is 5.71. The summed E-state index contributed by atoms with van der Waals surface area (Å²) in [6.07, 6.45) is 6.61. The smallest absolute Gasteiger partial charge is 0.318 e. The highest BCUT2D eigenvalue weighted by Crippen LogP contribution is 2.41. The first-order chi connectivity index (χ1) is 12.8. The number of nitrogens with zero attached hydrogens (tertiary/aromatic N) is 4. The Balaban J connectivity index is 1.33. The van der Waals surface area contributed by atoms with Crippen molar-refractivity contribution in [3.05, 3.63) is 41.8 Å². The van der Waals surface area contributed by atoms with Crippen molar-refractivity contribution in [2.24, 2.45) is 11.8 Å². The second-order valence-corrected chi connectivity index (χ2v) is 8.41. The van der Waals surface area contributed by atoms with Crippen molar-refractivity contribution in [3.8, 4) is 0 Å². The number of rotatable bonds is 3. The molecule has 2 bridgehead atoms. The number of fused-ring (bicyclic) bond motifs is 4. The normalized spacial score (nSPS) is 31.7. The van der Waals surface area contributed by atoms with Gasteiger partial charge in [0.15, 0.2) is 0 Å². The van der Waals surface area contributed by atoms with Gasteiger partial charge in [-0.05, 0) is 43.1 Å². The lowest BCUT2D eigenvalue weighted by atomic mass is 9.74. The molecule has 5 rings (SSSR count). The predicted molar refractivity (Wildman–Crippen MR) is 101 cm³/mol. The molecule has 26 heavy (non-hydrogen) atoms. The number of aryl methyl sites for hydroxylation is 1. The van der Waals surface area contributed by atoms with Crippen molar-refractivity contribution in [2.45, 2.75) is 51.1 Å². The first-order valence-electron chi connectivity index (χ1n) is 10.1. The first kappa shape index (κ1) is 16.3. The van der Waals surface area contributed by atoms with Crippen LogP contribution in [0.3, 0.4) is 0 Å². The zero-order chi connectivity index (χ0) is 17.5. The van der Waals surface area contributed by atoms with Gasteiger partial charge in [0.2, 0.25) is 5.89 Å². The summed E-state index contributed by atoms with van der Waals surface area (Å²) in [4.78, 5) is 5.21. The van der Waals surface area contributed by atoms with Crippen molar-refractivity contribution < 1.29 is 4.42 Å². The maximum atomic E-state index is 5.71. The molecule has 0 radical (unpaired) electrons. The molecule has 0 amide bonds. The molecule has 3 fully saturated rings. The highest BCUT2D eigenvalue weighted by Gasteiger charge is 2.45. The molecule has 0 unspecified atom stereocenters. The van der Waals surface area contributed by atoms with Gasteiger partial charge in [0.25, 0.3) is 0 Å². The molecule has 0 aliphatic carbocycles. The van der Waals surface area contributed by atoms with E-state index in [0.717, 1.165) is 31.1 Å². The van der Waals surface area contributed by atoms with E-state index < -0.39 is 0 Å². The van der Waals surface area contributed by atoms with Crippen LogP contribution in [0, 0.1) is 18.8 Å². The first-order valence-corrected chi connectivity index (χ1v) is 10.1. The van der Waals surface area contributed by atoms with Crippen LogP contribution in [-0.2, 0) is 6.42 Å². The van der Waals surface area contributed by atoms with E-state index >= 15 is 0 Å². The minimum Gasteiger partial charge on any atom is -0.408 e. The summed E-state index contributed by atoms with van der Waals surface area (Å²) in [5.41, 5.74) is 1.48. The van der Waals surface area contributed by atoms with Crippen molar-refractivity contribution >= 4 is 6.01 Å². The van der Waals surface area contributed by atoms with Crippen LogP contribution in [0.2, 0.25) is 0 Å². The third-order valence-electron chi connectivity index (χ3n) is 6.62. The van der Waals surface area contributed by atoms with Crippen molar-refractivity contribution in [1.29, 1.82) is 0 Å². The summed E-state index contributed by atoms with van der Waals surface area (Å²) in [6.45, 7) is 5.22. The van der Waals surface area contributed by atoms with Crippen LogP contribution in [0.4, 0.5) is 6.01 Å². The van der Waals surface area contributed by atoms with Gasteiger partial charge in [-0.25, -0.2) is 0 Å². The Kier molecular flexibility index (Phi) is 4.20. The highest BCUT2D eigenvalue weighted by molar-refractivity contribution is 5.27. The standard InChI is InChI=1S/C21H28N4O/c1-15-22-23-21(26-15)24-12-17-10-18(14-24)20-9-5-8-19(25(20)13-17)11-16-6-3-2-4-7-16/h2-4,6-7,17-20H,5,8-14H2,1H3/t17-,18+,19+,20-/m0/s1. The molecule has 4 atom stereocenters. The topological polar surface area (TPSA) is 45.4 Å². The van der Waals surface area contributed by atoms with Crippen LogP contribution >= 0.6 is 0 Å². The fourth-order valence-electron chi connectivity index (χ4n) is 5.59. The van der Waals surface area contributed by atoms with Crippen LogP contribution in [0.15, 0.2) is 34.7 Å². The molecule has 138 valence electrons. The molecule has 0 saturated carbocycles. The zero-order valence-corrected chi connectivity index (χ0v) is 15.6. The van der Waals surface area contributed by atoms with E-state index in [0.29, 0.717) is 17.9 Å². The van der Waals surface area contributed by atoms with E-state index in [1.165, 1.54) is 44.2 Å². The van der Waals surface area contributed by atoms with Gasteiger partial charge in [0, 0.05) is 38.6 Å². The minimum absolute atomic E-state index is 0.665. The number of anilines is 1. The van der Waals surface area contributed by atoms with Gasteiger partial charge >= 0.3 is 6.01 Å². The van der Waals surface area contributed by atoms with E-state index in [9.17, 15) is 0 Å². The Hall–Kier alpha value is -1.88. The fourth-order valence-corrected chi connectivity index (χ4v) is 5.59. The Morgan fingerprint density at radius 3 is 2.77 bits per heavy atom. The van der Waals surface area contributed by atoms with Gasteiger partial charge in [-0.2, -0.15) is 0 Å². The molecule has 2 aromatic rings. The summed E-state index contributed by atoms with van der Waals surface area (Å²) in [7, 11) is 0. The van der Waals surface area contributed by atoms with Crippen molar-refractivity contribution in [3.63, 3.8) is 0 Å². The summed E-state index contributed by atoms with van der Waals surface area (Å²) in [5.74, 6) is 2.11. The molecule has 0 spiro atoms. The second-order valence-electron chi connectivity index (χ2n) is 8.41. The fraction of sp³-hybridized carbons (Fsp3) is 0.619. The third kappa shape index (κ3) is 3.02. The van der Waals surface area contributed by atoms with Gasteiger partial charge in [0.1, 0.15) is 0 Å². The lowest BCUT2D eigenvalue weighted by Gasteiger charge is -2.55. The van der Waals surface area contributed by atoms with Crippen LogP contribution in [-0.4, -0.2) is 46.8 Å². The lowest BCUT2D eigenvalue weighted by Crippen LogP contribution is -2.62. The molecule has 3 aliphatic heterocycles. The van der Waals surface area contributed by atoms with Crippen molar-refractivity contribution in [2.75, 3.05) is 24.5 Å². The molecular weight excluding hydrogens is 324 g/mol. The number of hydrogen-bond donors (Lipinski definition) is 0. The Bertz CT molecular complexity index is 745. The van der Waals surface area contributed by atoms with Crippen molar-refractivity contribution in [1.82, 2.24) is 15.1 Å². The Labute approximate surface area is 155 Å². The van der Waals surface area contributed by atoms with Gasteiger partial charge in [0.05, 0.1) is 0 Å². The van der Waals surface area contributed by atoms with E-state index in [-0.39, 0.29) is 0 Å². The molecular formula is C21H28N4O. The predicted octanol–water partition coefficient (Wildman–Crippen LogP) is 3.30. The van der Waals surface area contributed by atoms with E-state index in [4.69, 9.17) is 4.42 Å². The highest BCUT2D eigenvalue weighted by atomic mass is 16.4. The molecule has 5 nitrogen and oxygen atoms in total. The molecule has 4 heterocycles. The molecule has 0 N–H and O–H groups in total. The second kappa shape index (κ2) is 6.69. The maximum absolute atomic E-state index is 5.71.